The zero-order valence-corrected chi connectivity index (χ0v) is 18.2. The van der Waals surface area contributed by atoms with Crippen LogP contribution in [0.25, 0.3) is 0 Å². The van der Waals surface area contributed by atoms with E-state index in [0.717, 1.165) is 68.8 Å². The van der Waals surface area contributed by atoms with E-state index >= 15 is 0 Å². The molecule has 2 amide bonds. The highest BCUT2D eigenvalue weighted by Gasteiger charge is 2.35. The lowest BCUT2D eigenvalue weighted by molar-refractivity contribution is 0.119. The predicted molar refractivity (Wildman–Crippen MR) is 119 cm³/mol. The van der Waals surface area contributed by atoms with Gasteiger partial charge in [0, 0.05) is 23.2 Å². The molecule has 1 heterocycles. The van der Waals surface area contributed by atoms with E-state index in [1.54, 1.807) is 0 Å². The van der Waals surface area contributed by atoms with Crippen LogP contribution in [0.1, 0.15) is 37.7 Å². The number of carbonyl (C=O) groups excluding carboxylic acids is 1. The van der Waals surface area contributed by atoms with Crippen LogP contribution in [-0.4, -0.2) is 36.1 Å². The summed E-state index contributed by atoms with van der Waals surface area (Å²) in [5.41, 5.74) is 1.31. The van der Waals surface area contributed by atoms with Crippen molar-refractivity contribution in [2.45, 2.75) is 50.6 Å². The van der Waals surface area contributed by atoms with Gasteiger partial charge in [0.15, 0.2) is 0 Å². The smallest absolute Gasteiger partial charge is 0.319 e. The van der Waals surface area contributed by atoms with Crippen LogP contribution in [0.3, 0.4) is 0 Å². The molecule has 0 aromatic heterocycles. The van der Waals surface area contributed by atoms with Gasteiger partial charge in [-0.15, -0.1) is 0 Å². The van der Waals surface area contributed by atoms with Gasteiger partial charge in [-0.1, -0.05) is 23.7 Å². The molecule has 166 valence electrons. The number of hydrogen-bond acceptors (Lipinski definition) is 2. The third-order valence-electron chi connectivity index (χ3n) is 6.53. The number of nitrogens with zero attached hydrogens (tertiary/aromatic N) is 1. The molecule has 4 nitrogen and oxygen atoms in total. The molecule has 31 heavy (non-hydrogen) atoms. The second-order valence-corrected chi connectivity index (χ2v) is 9.07. The Morgan fingerprint density at radius 3 is 2.48 bits per heavy atom. The molecule has 1 aliphatic carbocycles. The fourth-order valence-corrected chi connectivity index (χ4v) is 5.03. The van der Waals surface area contributed by atoms with E-state index in [1.807, 2.05) is 12.1 Å². The molecule has 1 saturated heterocycles. The minimum Gasteiger partial charge on any atom is -0.334 e. The van der Waals surface area contributed by atoms with Gasteiger partial charge in [0.1, 0.15) is 11.6 Å². The van der Waals surface area contributed by atoms with E-state index in [4.69, 9.17) is 11.6 Å². The van der Waals surface area contributed by atoms with Gasteiger partial charge in [-0.2, -0.15) is 0 Å². The van der Waals surface area contributed by atoms with Crippen molar-refractivity contribution in [2.75, 3.05) is 18.4 Å². The van der Waals surface area contributed by atoms with E-state index < -0.39 is 17.7 Å². The molecule has 1 aliphatic heterocycles. The molecule has 2 aromatic rings. The number of rotatable bonds is 5. The fourth-order valence-electron chi connectivity index (χ4n) is 4.91. The Morgan fingerprint density at radius 2 is 1.77 bits per heavy atom. The fraction of sp³-hybridized carbons (Fsp3) is 0.458. The van der Waals surface area contributed by atoms with Crippen LogP contribution < -0.4 is 10.6 Å². The Balaban J connectivity index is 1.27. The SMILES string of the molecule is O=C(Nc1ccc(F)cc1F)N[C@@H]1CCC[C@H]1N1CCC(Cc2ccc(Cl)cc2)CC1. The van der Waals surface area contributed by atoms with E-state index in [2.05, 4.69) is 27.7 Å². The number of halogens is 3. The summed E-state index contributed by atoms with van der Waals surface area (Å²) in [6, 6.07) is 11.1. The molecular formula is C24H28ClF2N3O. The first kappa shape index (κ1) is 22.0. The number of piperidine rings is 1. The van der Waals surface area contributed by atoms with Crippen LogP contribution in [0.4, 0.5) is 19.3 Å². The van der Waals surface area contributed by atoms with E-state index in [9.17, 15) is 13.6 Å². The van der Waals surface area contributed by atoms with E-state index in [1.165, 1.54) is 11.6 Å². The Hall–Kier alpha value is -2.18. The molecule has 7 heteroatoms. The molecule has 2 N–H and O–H groups in total. The zero-order valence-electron chi connectivity index (χ0n) is 17.4. The molecule has 0 unspecified atom stereocenters. The van der Waals surface area contributed by atoms with Gasteiger partial charge in [-0.25, -0.2) is 13.6 Å². The van der Waals surface area contributed by atoms with Crippen LogP contribution >= 0.6 is 11.6 Å². The number of nitrogens with one attached hydrogen (secondary N) is 2. The second-order valence-electron chi connectivity index (χ2n) is 8.64. The number of anilines is 1. The van der Waals surface area contributed by atoms with Crippen LogP contribution in [0.2, 0.25) is 5.02 Å². The van der Waals surface area contributed by atoms with Crippen LogP contribution in [0, 0.1) is 17.6 Å². The van der Waals surface area contributed by atoms with Crippen molar-refractivity contribution < 1.29 is 13.6 Å². The first-order valence-corrected chi connectivity index (χ1v) is 11.4. The van der Waals surface area contributed by atoms with E-state index in [-0.39, 0.29) is 11.7 Å². The highest BCUT2D eigenvalue weighted by molar-refractivity contribution is 6.30. The van der Waals surface area contributed by atoms with Gasteiger partial charge in [0.05, 0.1) is 5.69 Å². The molecule has 1 saturated carbocycles. The van der Waals surface area contributed by atoms with Crippen LogP contribution in [0.5, 0.6) is 0 Å². The molecular weight excluding hydrogens is 420 g/mol. The van der Waals surface area contributed by atoms with Crippen molar-refractivity contribution in [3.05, 3.63) is 64.7 Å². The topological polar surface area (TPSA) is 44.4 Å². The Kier molecular flexibility index (Phi) is 7.08. The van der Waals surface area contributed by atoms with Crippen molar-refractivity contribution in [1.29, 1.82) is 0 Å². The summed E-state index contributed by atoms with van der Waals surface area (Å²) in [6.45, 7) is 2.05. The van der Waals surface area contributed by atoms with Gasteiger partial charge < -0.3 is 10.6 Å². The third kappa shape index (κ3) is 5.74. The molecule has 2 aromatic carbocycles. The maximum atomic E-state index is 13.8. The Labute approximate surface area is 187 Å². The largest absolute Gasteiger partial charge is 0.334 e. The zero-order chi connectivity index (χ0) is 21.8. The summed E-state index contributed by atoms with van der Waals surface area (Å²) in [4.78, 5) is 14.9. The van der Waals surface area contributed by atoms with Crippen molar-refractivity contribution in [1.82, 2.24) is 10.2 Å². The monoisotopic (exact) mass is 447 g/mol. The average molecular weight is 448 g/mol. The van der Waals surface area contributed by atoms with Crippen LogP contribution in [0.15, 0.2) is 42.5 Å². The number of carbonyl (C=O) groups is 1. The van der Waals surface area contributed by atoms with Crippen molar-refractivity contribution in [3.63, 3.8) is 0 Å². The minimum absolute atomic E-state index is 0.0172. The normalized spacial score (nSPS) is 22.4. The van der Waals surface area contributed by atoms with E-state index in [0.29, 0.717) is 12.0 Å². The number of amides is 2. The number of urea groups is 1. The first-order valence-electron chi connectivity index (χ1n) is 11.0. The lowest BCUT2D eigenvalue weighted by Gasteiger charge is -2.38. The Bertz CT molecular complexity index is 900. The van der Waals surface area contributed by atoms with Gasteiger partial charge >= 0.3 is 6.03 Å². The average Bonchev–Trinajstić information content (AvgIpc) is 3.20. The first-order chi connectivity index (χ1) is 15.0. The number of benzene rings is 2. The van der Waals surface area contributed by atoms with Gasteiger partial charge in [0.25, 0.3) is 0 Å². The summed E-state index contributed by atoms with van der Waals surface area (Å²) in [5, 5.41) is 6.28. The highest BCUT2D eigenvalue weighted by Crippen LogP contribution is 2.30. The third-order valence-corrected chi connectivity index (χ3v) is 6.78. The molecule has 4 rings (SSSR count). The molecule has 0 spiro atoms. The molecule has 0 radical (unpaired) electrons. The standard InChI is InChI=1S/C24H28ClF2N3O/c25-18-6-4-16(5-7-18)14-17-10-12-30(13-11-17)23-3-1-2-22(23)29-24(31)28-21-9-8-19(26)15-20(21)27/h4-9,15,17,22-23H,1-3,10-14H2,(H2,28,29,31)/t22-,23-/m1/s1. The summed E-state index contributed by atoms with van der Waals surface area (Å²) in [7, 11) is 0. The molecule has 2 fully saturated rings. The number of hydrogen-bond donors (Lipinski definition) is 2. The quantitative estimate of drug-likeness (QED) is 0.625. The minimum atomic E-state index is -0.777. The highest BCUT2D eigenvalue weighted by atomic mass is 35.5. The predicted octanol–water partition coefficient (Wildman–Crippen LogP) is 5.62. The van der Waals surface area contributed by atoms with Crippen molar-refractivity contribution in [2.24, 2.45) is 5.92 Å². The van der Waals surface area contributed by atoms with Gasteiger partial charge in [-0.3, -0.25) is 4.90 Å². The van der Waals surface area contributed by atoms with Crippen molar-refractivity contribution in [3.8, 4) is 0 Å². The maximum absolute atomic E-state index is 13.8. The summed E-state index contributed by atoms with van der Waals surface area (Å²) in [6.07, 6.45) is 6.37. The van der Waals surface area contributed by atoms with Crippen molar-refractivity contribution >= 4 is 23.3 Å². The summed E-state index contributed by atoms with van der Waals surface area (Å²) < 4.78 is 26.9. The number of likely N-dealkylation sites (tertiary alicyclic amines) is 1. The maximum Gasteiger partial charge on any atom is 0.319 e. The second kappa shape index (κ2) is 9.96. The summed E-state index contributed by atoms with van der Waals surface area (Å²) >= 11 is 5.98. The lowest BCUT2D eigenvalue weighted by Crippen LogP contribution is -2.52. The van der Waals surface area contributed by atoms with Gasteiger partial charge in [0.2, 0.25) is 0 Å². The molecule has 0 bridgehead atoms. The molecule has 2 atom stereocenters. The summed E-state index contributed by atoms with van der Waals surface area (Å²) in [5.74, 6) is -0.783. The van der Waals surface area contributed by atoms with Gasteiger partial charge in [-0.05, 0) is 87.4 Å². The molecule has 2 aliphatic rings. The lowest BCUT2D eigenvalue weighted by atomic mass is 9.89. The van der Waals surface area contributed by atoms with Crippen LogP contribution in [-0.2, 0) is 6.42 Å². The Morgan fingerprint density at radius 1 is 1.03 bits per heavy atom.